The van der Waals surface area contributed by atoms with Crippen molar-refractivity contribution in [2.45, 2.75) is 25.7 Å². The number of rotatable bonds is 10. The van der Waals surface area contributed by atoms with Gasteiger partial charge in [0.05, 0.1) is 6.42 Å². The molecule has 1 aliphatic carbocycles. The van der Waals surface area contributed by atoms with Crippen LogP contribution in [-0.4, -0.2) is 55.0 Å². The van der Waals surface area contributed by atoms with E-state index in [9.17, 15) is 9.59 Å². The van der Waals surface area contributed by atoms with E-state index < -0.39 is 12.1 Å². The highest BCUT2D eigenvalue weighted by Gasteiger charge is 2.29. The van der Waals surface area contributed by atoms with Crippen LogP contribution in [0.2, 0.25) is 0 Å². The van der Waals surface area contributed by atoms with E-state index >= 15 is 0 Å². The van der Waals surface area contributed by atoms with Crippen LogP contribution >= 0.6 is 0 Å². The fraction of sp³-hybridized carbons (Fsp3) is 0.391. The summed E-state index contributed by atoms with van der Waals surface area (Å²) in [5.41, 5.74) is 4.64. The molecular formula is C23H27NO5. The van der Waals surface area contributed by atoms with Crippen molar-refractivity contribution in [3.05, 3.63) is 59.7 Å². The summed E-state index contributed by atoms with van der Waals surface area (Å²) in [4.78, 5) is 25.1. The van der Waals surface area contributed by atoms with Gasteiger partial charge in [0.15, 0.2) is 0 Å². The Kier molecular flexibility index (Phi) is 7.25. The van der Waals surface area contributed by atoms with E-state index in [0.29, 0.717) is 26.2 Å². The standard InChI is InChI=1S/C23H27NO5/c1-2-28-15-7-13-24(14-12-22(25)26)23(27)29-16-21-19-10-5-3-8-17(19)18-9-4-6-11-20(18)21/h3-6,8-11,21H,2,7,12-16H2,1H3,(H,25,26). The number of aliphatic carboxylic acids is 1. The molecule has 29 heavy (non-hydrogen) atoms. The van der Waals surface area contributed by atoms with Crippen LogP contribution in [0.1, 0.15) is 36.8 Å². The lowest BCUT2D eigenvalue weighted by molar-refractivity contribution is -0.137. The zero-order chi connectivity index (χ0) is 20.6. The molecule has 0 heterocycles. The maximum absolute atomic E-state index is 12.7. The number of carbonyl (C=O) groups is 2. The predicted molar refractivity (Wildman–Crippen MR) is 110 cm³/mol. The first-order valence-electron chi connectivity index (χ1n) is 10.0. The summed E-state index contributed by atoms with van der Waals surface area (Å²) in [5, 5.41) is 8.97. The highest BCUT2D eigenvalue weighted by Crippen LogP contribution is 2.44. The maximum atomic E-state index is 12.7. The lowest BCUT2D eigenvalue weighted by Crippen LogP contribution is -2.35. The number of amides is 1. The fourth-order valence-corrected chi connectivity index (χ4v) is 3.71. The van der Waals surface area contributed by atoms with Crippen molar-refractivity contribution in [3.8, 4) is 11.1 Å². The lowest BCUT2D eigenvalue weighted by atomic mass is 9.98. The third kappa shape index (κ3) is 5.15. The van der Waals surface area contributed by atoms with E-state index in [1.165, 1.54) is 16.0 Å². The van der Waals surface area contributed by atoms with Gasteiger partial charge in [-0.05, 0) is 35.6 Å². The average Bonchev–Trinajstić information content (AvgIpc) is 3.05. The Morgan fingerprint density at radius 2 is 1.62 bits per heavy atom. The molecule has 2 aromatic carbocycles. The van der Waals surface area contributed by atoms with E-state index in [4.69, 9.17) is 14.6 Å². The van der Waals surface area contributed by atoms with Gasteiger partial charge in [0.25, 0.3) is 0 Å². The molecule has 0 saturated carbocycles. The van der Waals surface area contributed by atoms with Gasteiger partial charge in [-0.1, -0.05) is 48.5 Å². The van der Waals surface area contributed by atoms with Crippen molar-refractivity contribution >= 4 is 12.1 Å². The number of hydrogen-bond donors (Lipinski definition) is 1. The first-order chi connectivity index (χ1) is 14.1. The van der Waals surface area contributed by atoms with Crippen LogP contribution in [0.4, 0.5) is 4.79 Å². The maximum Gasteiger partial charge on any atom is 0.409 e. The molecule has 0 aliphatic heterocycles. The molecule has 1 amide bonds. The summed E-state index contributed by atoms with van der Waals surface area (Å²) < 4.78 is 11.0. The Morgan fingerprint density at radius 3 is 2.21 bits per heavy atom. The smallest absolute Gasteiger partial charge is 0.409 e. The van der Waals surface area contributed by atoms with E-state index in [-0.39, 0.29) is 25.5 Å². The Bertz CT molecular complexity index is 805. The molecule has 2 aromatic rings. The van der Waals surface area contributed by atoms with Gasteiger partial charge in [-0.25, -0.2) is 4.79 Å². The van der Waals surface area contributed by atoms with Crippen molar-refractivity contribution in [1.29, 1.82) is 0 Å². The molecule has 0 spiro atoms. The molecule has 0 fully saturated rings. The number of fused-ring (bicyclic) bond motifs is 3. The van der Waals surface area contributed by atoms with Gasteiger partial charge in [0, 0.05) is 32.2 Å². The van der Waals surface area contributed by atoms with E-state index in [1.54, 1.807) is 0 Å². The number of carboxylic acid groups (broad SMARTS) is 1. The second-order valence-corrected chi connectivity index (χ2v) is 6.99. The van der Waals surface area contributed by atoms with Crippen LogP contribution in [0.3, 0.4) is 0 Å². The van der Waals surface area contributed by atoms with Gasteiger partial charge in [0.1, 0.15) is 6.61 Å². The van der Waals surface area contributed by atoms with E-state index in [2.05, 4.69) is 24.3 Å². The first kappa shape index (κ1) is 20.9. The van der Waals surface area contributed by atoms with Gasteiger partial charge in [-0.15, -0.1) is 0 Å². The summed E-state index contributed by atoms with van der Waals surface area (Å²) in [5.74, 6) is -0.956. The summed E-state index contributed by atoms with van der Waals surface area (Å²) in [6.07, 6.45) is 0.0424. The quantitative estimate of drug-likeness (QED) is 0.610. The largest absolute Gasteiger partial charge is 0.481 e. The number of ether oxygens (including phenoxy) is 2. The van der Waals surface area contributed by atoms with Crippen LogP contribution in [0.25, 0.3) is 11.1 Å². The number of hydrogen-bond acceptors (Lipinski definition) is 4. The van der Waals surface area contributed by atoms with Crippen molar-refractivity contribution in [1.82, 2.24) is 4.90 Å². The van der Waals surface area contributed by atoms with Crippen LogP contribution in [0, 0.1) is 0 Å². The SMILES string of the molecule is CCOCCCN(CCC(=O)O)C(=O)OCC1c2ccccc2-c2ccccc21. The number of carboxylic acids is 1. The molecule has 1 aliphatic rings. The van der Waals surface area contributed by atoms with Gasteiger partial charge >= 0.3 is 12.1 Å². The topological polar surface area (TPSA) is 76.1 Å². The Balaban J connectivity index is 1.66. The molecule has 0 radical (unpaired) electrons. The van der Waals surface area contributed by atoms with Gasteiger partial charge in [0.2, 0.25) is 0 Å². The summed E-state index contributed by atoms with van der Waals surface area (Å²) in [6.45, 7) is 3.80. The highest BCUT2D eigenvalue weighted by atomic mass is 16.6. The molecule has 0 saturated heterocycles. The molecule has 1 N–H and O–H groups in total. The second-order valence-electron chi connectivity index (χ2n) is 6.99. The molecule has 0 bridgehead atoms. The molecule has 0 atom stereocenters. The van der Waals surface area contributed by atoms with Crippen LogP contribution < -0.4 is 0 Å². The summed E-state index contributed by atoms with van der Waals surface area (Å²) in [6, 6.07) is 16.3. The number of carbonyl (C=O) groups excluding carboxylic acids is 1. The minimum atomic E-state index is -0.939. The lowest BCUT2D eigenvalue weighted by Gasteiger charge is -2.23. The third-order valence-corrected chi connectivity index (χ3v) is 5.11. The molecule has 6 heteroatoms. The van der Waals surface area contributed by atoms with Crippen LogP contribution in [0.5, 0.6) is 0 Å². The van der Waals surface area contributed by atoms with Crippen molar-refractivity contribution in [2.75, 3.05) is 32.9 Å². The third-order valence-electron chi connectivity index (χ3n) is 5.11. The molecule has 0 unspecified atom stereocenters. The minimum absolute atomic E-state index is 0.0175. The summed E-state index contributed by atoms with van der Waals surface area (Å²) >= 11 is 0. The number of benzene rings is 2. The van der Waals surface area contributed by atoms with E-state index in [0.717, 1.165) is 11.1 Å². The molecule has 154 valence electrons. The zero-order valence-electron chi connectivity index (χ0n) is 16.7. The van der Waals surface area contributed by atoms with Crippen LogP contribution in [-0.2, 0) is 14.3 Å². The van der Waals surface area contributed by atoms with Gasteiger partial charge in [-0.3, -0.25) is 4.79 Å². The summed E-state index contributed by atoms with van der Waals surface area (Å²) in [7, 11) is 0. The Hall–Kier alpha value is -2.86. The highest BCUT2D eigenvalue weighted by molar-refractivity contribution is 5.79. The Morgan fingerprint density at radius 1 is 1.00 bits per heavy atom. The molecular weight excluding hydrogens is 370 g/mol. The van der Waals surface area contributed by atoms with Crippen LogP contribution in [0.15, 0.2) is 48.5 Å². The average molecular weight is 397 g/mol. The Labute approximate surface area is 171 Å². The first-order valence-corrected chi connectivity index (χ1v) is 10.0. The fourth-order valence-electron chi connectivity index (χ4n) is 3.71. The normalized spacial score (nSPS) is 12.3. The second kappa shape index (κ2) is 10.1. The predicted octanol–water partition coefficient (Wildman–Crippen LogP) is 4.14. The van der Waals surface area contributed by atoms with Gasteiger partial charge < -0.3 is 19.5 Å². The van der Waals surface area contributed by atoms with Crippen molar-refractivity contribution in [3.63, 3.8) is 0 Å². The monoisotopic (exact) mass is 397 g/mol. The molecule has 6 nitrogen and oxygen atoms in total. The van der Waals surface area contributed by atoms with Crippen molar-refractivity contribution < 1.29 is 24.2 Å². The van der Waals surface area contributed by atoms with Crippen molar-refractivity contribution in [2.24, 2.45) is 0 Å². The van der Waals surface area contributed by atoms with Gasteiger partial charge in [-0.2, -0.15) is 0 Å². The molecule has 3 rings (SSSR count). The number of nitrogens with zero attached hydrogens (tertiary/aromatic N) is 1. The minimum Gasteiger partial charge on any atom is -0.481 e. The molecule has 0 aromatic heterocycles. The zero-order valence-corrected chi connectivity index (χ0v) is 16.7. The van der Waals surface area contributed by atoms with E-state index in [1.807, 2.05) is 31.2 Å².